The van der Waals surface area contributed by atoms with Crippen LogP contribution in [0.25, 0.3) is 0 Å². The fraction of sp³-hybridized carbons (Fsp3) is 0.0769. The van der Waals surface area contributed by atoms with Gasteiger partial charge in [-0.1, -0.05) is 18.2 Å². The molecule has 92 valence electrons. The molecule has 0 saturated carbocycles. The van der Waals surface area contributed by atoms with E-state index in [-0.39, 0.29) is 5.69 Å². The zero-order valence-corrected chi connectivity index (χ0v) is 9.76. The van der Waals surface area contributed by atoms with E-state index in [0.29, 0.717) is 12.4 Å². The van der Waals surface area contributed by atoms with Gasteiger partial charge >= 0.3 is 0 Å². The van der Waals surface area contributed by atoms with Crippen molar-refractivity contribution in [2.75, 3.05) is 11.1 Å². The number of pyridine rings is 1. The van der Waals surface area contributed by atoms with Crippen molar-refractivity contribution in [3.05, 3.63) is 53.7 Å². The Morgan fingerprint density at radius 3 is 2.56 bits per heavy atom. The van der Waals surface area contributed by atoms with Crippen LogP contribution in [-0.4, -0.2) is 10.9 Å². The van der Waals surface area contributed by atoms with E-state index in [1.54, 1.807) is 18.2 Å². The fourth-order valence-electron chi connectivity index (χ4n) is 1.50. The fourth-order valence-corrected chi connectivity index (χ4v) is 1.50. The molecule has 1 aromatic carbocycles. The quantitative estimate of drug-likeness (QED) is 0.706. The normalized spacial score (nSPS) is 10.0. The monoisotopic (exact) mass is 242 g/mol. The van der Waals surface area contributed by atoms with Crippen molar-refractivity contribution >= 4 is 17.4 Å². The number of amides is 1. The molecule has 5 nitrogen and oxygen atoms in total. The lowest BCUT2D eigenvalue weighted by atomic mass is 10.2. The number of nitrogens with two attached hydrogens (primary N) is 2. The van der Waals surface area contributed by atoms with E-state index in [9.17, 15) is 4.79 Å². The van der Waals surface area contributed by atoms with Crippen molar-refractivity contribution in [3.63, 3.8) is 0 Å². The van der Waals surface area contributed by atoms with Gasteiger partial charge in [0.2, 0.25) is 0 Å². The summed E-state index contributed by atoms with van der Waals surface area (Å²) in [6, 6.07) is 12.6. The van der Waals surface area contributed by atoms with Crippen LogP contribution in [-0.2, 0) is 6.54 Å². The maximum Gasteiger partial charge on any atom is 0.267 e. The number of rotatable bonds is 4. The van der Waals surface area contributed by atoms with Crippen LogP contribution >= 0.6 is 0 Å². The highest BCUT2D eigenvalue weighted by Gasteiger charge is 2.02. The van der Waals surface area contributed by atoms with E-state index >= 15 is 0 Å². The van der Waals surface area contributed by atoms with Gasteiger partial charge in [-0.05, 0) is 29.8 Å². The van der Waals surface area contributed by atoms with Gasteiger partial charge in [0.1, 0.15) is 11.5 Å². The predicted octanol–water partition coefficient (Wildman–Crippen LogP) is 1.37. The maximum absolute atomic E-state index is 11.0. The van der Waals surface area contributed by atoms with Gasteiger partial charge in [-0.15, -0.1) is 0 Å². The van der Waals surface area contributed by atoms with E-state index in [0.717, 1.165) is 11.3 Å². The molecule has 1 heterocycles. The Hall–Kier alpha value is -2.56. The number of carbonyl (C=O) groups is 1. The zero-order valence-electron chi connectivity index (χ0n) is 9.76. The Bertz CT molecular complexity index is 551. The van der Waals surface area contributed by atoms with Crippen LogP contribution < -0.4 is 16.8 Å². The Balaban J connectivity index is 2.04. The van der Waals surface area contributed by atoms with E-state index < -0.39 is 5.91 Å². The molecule has 2 rings (SSSR count). The Morgan fingerprint density at radius 1 is 1.17 bits per heavy atom. The molecular formula is C13H14N4O. The first-order chi connectivity index (χ1) is 8.65. The molecule has 1 aromatic heterocycles. The van der Waals surface area contributed by atoms with E-state index in [1.165, 1.54) is 0 Å². The highest BCUT2D eigenvalue weighted by Crippen LogP contribution is 2.09. The summed E-state index contributed by atoms with van der Waals surface area (Å²) in [7, 11) is 0. The lowest BCUT2D eigenvalue weighted by Gasteiger charge is -2.06. The molecule has 0 fully saturated rings. The van der Waals surface area contributed by atoms with Gasteiger partial charge in [0, 0.05) is 12.2 Å². The number of anilines is 2. The molecule has 0 aliphatic heterocycles. The smallest absolute Gasteiger partial charge is 0.267 e. The summed E-state index contributed by atoms with van der Waals surface area (Å²) in [5, 5.41) is 3.12. The van der Waals surface area contributed by atoms with Gasteiger partial charge in [-0.2, -0.15) is 0 Å². The van der Waals surface area contributed by atoms with Crippen molar-refractivity contribution < 1.29 is 4.79 Å². The first-order valence-electron chi connectivity index (χ1n) is 5.50. The molecule has 0 aliphatic rings. The summed E-state index contributed by atoms with van der Waals surface area (Å²) >= 11 is 0. The molecule has 5 N–H and O–H groups in total. The van der Waals surface area contributed by atoms with Crippen molar-refractivity contribution in [2.24, 2.45) is 5.73 Å². The predicted molar refractivity (Wildman–Crippen MR) is 70.9 cm³/mol. The molecule has 0 atom stereocenters. The second-order valence-corrected chi connectivity index (χ2v) is 3.87. The number of nitrogen functional groups attached to an aromatic ring is 1. The number of carbonyl (C=O) groups excluding carboxylic acids is 1. The molecule has 0 aliphatic carbocycles. The average molecular weight is 242 g/mol. The number of nitrogens with zero attached hydrogens (tertiary/aromatic N) is 1. The third-order valence-corrected chi connectivity index (χ3v) is 2.45. The molecule has 2 aromatic rings. The standard InChI is InChI=1S/C13H14N4O/c14-10-6-4-9(5-7-10)8-16-12-3-1-2-11(17-12)13(15)18/h1-7H,8,14H2,(H2,15,18)(H,16,17). The topological polar surface area (TPSA) is 94.0 Å². The van der Waals surface area contributed by atoms with Crippen LogP contribution in [0, 0.1) is 0 Å². The minimum atomic E-state index is -0.536. The van der Waals surface area contributed by atoms with Crippen LogP contribution in [0.1, 0.15) is 16.1 Å². The van der Waals surface area contributed by atoms with Crippen LogP contribution in [0.2, 0.25) is 0 Å². The first-order valence-corrected chi connectivity index (χ1v) is 5.50. The third-order valence-electron chi connectivity index (χ3n) is 2.45. The SMILES string of the molecule is NC(=O)c1cccc(NCc2ccc(N)cc2)n1. The van der Waals surface area contributed by atoms with Crippen LogP contribution in [0.15, 0.2) is 42.5 Å². The van der Waals surface area contributed by atoms with Gasteiger partial charge in [0.25, 0.3) is 5.91 Å². The first kappa shape index (κ1) is 11.9. The molecule has 0 unspecified atom stereocenters. The van der Waals surface area contributed by atoms with Gasteiger partial charge in [0.15, 0.2) is 0 Å². The largest absolute Gasteiger partial charge is 0.399 e. The van der Waals surface area contributed by atoms with Gasteiger partial charge < -0.3 is 16.8 Å². The van der Waals surface area contributed by atoms with Crippen LogP contribution in [0.3, 0.4) is 0 Å². The lowest BCUT2D eigenvalue weighted by molar-refractivity contribution is 0.0995. The van der Waals surface area contributed by atoms with Crippen molar-refractivity contribution in [2.45, 2.75) is 6.54 Å². The average Bonchev–Trinajstić information content (AvgIpc) is 2.38. The zero-order chi connectivity index (χ0) is 13.0. The minimum Gasteiger partial charge on any atom is -0.399 e. The highest BCUT2D eigenvalue weighted by atomic mass is 16.1. The number of aromatic nitrogens is 1. The number of hydrogen-bond acceptors (Lipinski definition) is 4. The molecule has 1 amide bonds. The third kappa shape index (κ3) is 2.98. The highest BCUT2D eigenvalue weighted by molar-refractivity contribution is 5.91. The number of hydrogen-bond donors (Lipinski definition) is 3. The summed E-state index contributed by atoms with van der Waals surface area (Å²) in [5.74, 6) is 0.0780. The van der Waals surface area contributed by atoms with E-state index in [1.807, 2.05) is 24.3 Å². The number of nitrogens with one attached hydrogen (secondary N) is 1. The van der Waals surface area contributed by atoms with Crippen molar-refractivity contribution in [1.29, 1.82) is 0 Å². The van der Waals surface area contributed by atoms with Crippen molar-refractivity contribution in [1.82, 2.24) is 4.98 Å². The molecule has 0 saturated heterocycles. The van der Waals surface area contributed by atoms with E-state index in [2.05, 4.69) is 10.3 Å². The summed E-state index contributed by atoms with van der Waals surface area (Å²) in [6.07, 6.45) is 0. The number of primary amides is 1. The second-order valence-electron chi connectivity index (χ2n) is 3.87. The molecule has 0 radical (unpaired) electrons. The lowest BCUT2D eigenvalue weighted by Crippen LogP contribution is -2.14. The van der Waals surface area contributed by atoms with E-state index in [4.69, 9.17) is 11.5 Å². The summed E-state index contributed by atoms with van der Waals surface area (Å²) in [5.41, 5.74) is 12.8. The van der Waals surface area contributed by atoms with Gasteiger partial charge in [-0.3, -0.25) is 4.79 Å². The number of benzene rings is 1. The Labute approximate surface area is 105 Å². The summed E-state index contributed by atoms with van der Waals surface area (Å²) < 4.78 is 0. The van der Waals surface area contributed by atoms with Gasteiger partial charge in [-0.25, -0.2) is 4.98 Å². The summed E-state index contributed by atoms with van der Waals surface area (Å²) in [4.78, 5) is 15.1. The van der Waals surface area contributed by atoms with Crippen LogP contribution in [0.4, 0.5) is 11.5 Å². The van der Waals surface area contributed by atoms with Crippen molar-refractivity contribution in [3.8, 4) is 0 Å². The molecule has 18 heavy (non-hydrogen) atoms. The summed E-state index contributed by atoms with van der Waals surface area (Å²) in [6.45, 7) is 0.607. The minimum absolute atomic E-state index is 0.248. The van der Waals surface area contributed by atoms with Gasteiger partial charge in [0.05, 0.1) is 0 Å². The Morgan fingerprint density at radius 2 is 1.89 bits per heavy atom. The molecule has 5 heteroatoms. The molecule has 0 bridgehead atoms. The molecule has 0 spiro atoms. The maximum atomic E-state index is 11.0. The second kappa shape index (κ2) is 5.18. The Kier molecular flexibility index (Phi) is 3.43. The van der Waals surface area contributed by atoms with Crippen LogP contribution in [0.5, 0.6) is 0 Å². The molecular weight excluding hydrogens is 228 g/mol.